The van der Waals surface area contributed by atoms with Crippen LogP contribution in [0.1, 0.15) is 11.1 Å². The highest BCUT2D eigenvalue weighted by molar-refractivity contribution is 9.10. The van der Waals surface area contributed by atoms with Gasteiger partial charge in [0.05, 0.1) is 7.11 Å². The van der Waals surface area contributed by atoms with Crippen LogP contribution in [-0.4, -0.2) is 14.2 Å². The lowest BCUT2D eigenvalue weighted by atomic mass is 10.1. The van der Waals surface area contributed by atoms with E-state index >= 15 is 0 Å². The van der Waals surface area contributed by atoms with Crippen LogP contribution in [0.3, 0.4) is 0 Å². The van der Waals surface area contributed by atoms with Crippen LogP contribution in [0.5, 0.6) is 5.75 Å². The summed E-state index contributed by atoms with van der Waals surface area (Å²) in [6, 6.07) is 14.3. The third-order valence-electron chi connectivity index (χ3n) is 3.26. The minimum absolute atomic E-state index is 0.518. The van der Waals surface area contributed by atoms with Crippen LogP contribution in [0.15, 0.2) is 46.9 Å². The molecular weight excluding hydrogens is 316 g/mol. The molecule has 3 nitrogen and oxygen atoms in total. The summed E-state index contributed by atoms with van der Waals surface area (Å²) in [6.45, 7) is 1.34. The van der Waals surface area contributed by atoms with Crippen LogP contribution in [0.25, 0.3) is 0 Å². The van der Waals surface area contributed by atoms with Crippen molar-refractivity contribution in [1.82, 2.24) is 0 Å². The molecule has 2 aromatic carbocycles. The van der Waals surface area contributed by atoms with Crippen LogP contribution < -0.4 is 15.4 Å². The number of benzene rings is 2. The molecule has 0 saturated heterocycles. The third kappa shape index (κ3) is 3.52. The first-order valence-electron chi connectivity index (χ1n) is 6.46. The number of nitrogens with zero attached hydrogens (tertiary/aromatic N) is 1. The highest BCUT2D eigenvalue weighted by Crippen LogP contribution is 2.26. The van der Waals surface area contributed by atoms with E-state index in [0.717, 1.165) is 28.0 Å². The molecule has 4 heteroatoms. The molecule has 0 aromatic heterocycles. The average molecular weight is 335 g/mol. The molecule has 0 bridgehead atoms. The van der Waals surface area contributed by atoms with Crippen LogP contribution in [-0.2, 0) is 13.1 Å². The van der Waals surface area contributed by atoms with Crippen molar-refractivity contribution in [3.8, 4) is 5.75 Å². The summed E-state index contributed by atoms with van der Waals surface area (Å²) in [4.78, 5) is 2.19. The Labute approximate surface area is 128 Å². The predicted octanol–water partition coefficient (Wildman–Crippen LogP) is 3.55. The number of nitrogens with two attached hydrogens (primary N) is 1. The zero-order chi connectivity index (χ0) is 14.5. The predicted molar refractivity (Wildman–Crippen MR) is 87.1 cm³/mol. The lowest BCUT2D eigenvalue weighted by Gasteiger charge is -2.23. The largest absolute Gasteiger partial charge is 0.497 e. The fourth-order valence-electron chi connectivity index (χ4n) is 2.15. The molecule has 0 radical (unpaired) electrons. The van der Waals surface area contributed by atoms with E-state index < -0.39 is 0 Å². The molecule has 0 aliphatic carbocycles. The first-order valence-corrected chi connectivity index (χ1v) is 7.26. The number of methoxy groups -OCH3 is 1. The minimum Gasteiger partial charge on any atom is -0.497 e. The Bertz CT molecular complexity index is 569. The Morgan fingerprint density at radius 3 is 2.45 bits per heavy atom. The molecule has 0 spiro atoms. The van der Waals surface area contributed by atoms with Crippen molar-refractivity contribution in [2.75, 3.05) is 19.1 Å². The molecule has 0 aliphatic rings. The van der Waals surface area contributed by atoms with Crippen molar-refractivity contribution in [1.29, 1.82) is 0 Å². The first kappa shape index (κ1) is 14.9. The Balaban J connectivity index is 2.23. The van der Waals surface area contributed by atoms with Gasteiger partial charge in [-0.15, -0.1) is 0 Å². The standard InChI is InChI=1S/C16H19BrN2O/c1-19(11-12-3-6-14(17)7-4-12)16-9-15(20-2)8-5-13(16)10-18/h3-9H,10-11,18H2,1-2H3. The lowest BCUT2D eigenvalue weighted by molar-refractivity contribution is 0.414. The lowest BCUT2D eigenvalue weighted by Crippen LogP contribution is -2.19. The van der Waals surface area contributed by atoms with Gasteiger partial charge in [0, 0.05) is 36.4 Å². The van der Waals surface area contributed by atoms with Crippen molar-refractivity contribution < 1.29 is 4.74 Å². The Hall–Kier alpha value is -1.52. The highest BCUT2D eigenvalue weighted by atomic mass is 79.9. The van der Waals surface area contributed by atoms with Crippen LogP contribution >= 0.6 is 15.9 Å². The molecular formula is C16H19BrN2O. The monoisotopic (exact) mass is 334 g/mol. The summed E-state index contributed by atoms with van der Waals surface area (Å²) in [5.41, 5.74) is 9.29. The topological polar surface area (TPSA) is 38.5 Å². The quantitative estimate of drug-likeness (QED) is 0.908. The summed E-state index contributed by atoms with van der Waals surface area (Å²) in [7, 11) is 3.74. The molecule has 2 rings (SSSR count). The number of halogens is 1. The Morgan fingerprint density at radius 1 is 1.15 bits per heavy atom. The second-order valence-electron chi connectivity index (χ2n) is 4.68. The fraction of sp³-hybridized carbons (Fsp3) is 0.250. The third-order valence-corrected chi connectivity index (χ3v) is 3.79. The number of anilines is 1. The molecule has 0 saturated carbocycles. The number of hydrogen-bond acceptors (Lipinski definition) is 3. The maximum atomic E-state index is 5.82. The van der Waals surface area contributed by atoms with Crippen molar-refractivity contribution in [3.63, 3.8) is 0 Å². The zero-order valence-electron chi connectivity index (χ0n) is 11.8. The van der Waals surface area contributed by atoms with E-state index in [9.17, 15) is 0 Å². The molecule has 0 atom stereocenters. The van der Waals surface area contributed by atoms with E-state index in [2.05, 4.69) is 52.1 Å². The SMILES string of the molecule is COc1ccc(CN)c(N(C)Cc2ccc(Br)cc2)c1. The first-order chi connectivity index (χ1) is 9.63. The van der Waals surface area contributed by atoms with Gasteiger partial charge in [0.25, 0.3) is 0 Å². The molecule has 106 valence electrons. The van der Waals surface area contributed by atoms with Gasteiger partial charge in [-0.2, -0.15) is 0 Å². The molecule has 2 aromatic rings. The van der Waals surface area contributed by atoms with Gasteiger partial charge in [-0.25, -0.2) is 0 Å². The molecule has 0 unspecified atom stereocenters. The fourth-order valence-corrected chi connectivity index (χ4v) is 2.41. The van der Waals surface area contributed by atoms with Crippen molar-refractivity contribution in [2.45, 2.75) is 13.1 Å². The molecule has 0 amide bonds. The molecule has 20 heavy (non-hydrogen) atoms. The Morgan fingerprint density at radius 2 is 1.85 bits per heavy atom. The van der Waals surface area contributed by atoms with E-state index in [1.807, 2.05) is 18.2 Å². The number of ether oxygens (including phenoxy) is 1. The van der Waals surface area contributed by atoms with Gasteiger partial charge in [0.15, 0.2) is 0 Å². The summed E-state index contributed by atoms with van der Waals surface area (Å²) in [5, 5.41) is 0. The second-order valence-corrected chi connectivity index (χ2v) is 5.60. The van der Waals surface area contributed by atoms with Gasteiger partial charge >= 0.3 is 0 Å². The maximum Gasteiger partial charge on any atom is 0.120 e. The van der Waals surface area contributed by atoms with E-state index in [1.54, 1.807) is 7.11 Å². The molecule has 0 fully saturated rings. The second kappa shape index (κ2) is 6.77. The van der Waals surface area contributed by atoms with Gasteiger partial charge in [-0.05, 0) is 29.3 Å². The van der Waals surface area contributed by atoms with Crippen LogP contribution in [0.4, 0.5) is 5.69 Å². The molecule has 0 heterocycles. The van der Waals surface area contributed by atoms with Gasteiger partial charge in [0.2, 0.25) is 0 Å². The summed E-state index contributed by atoms with van der Waals surface area (Å²) < 4.78 is 6.39. The normalized spacial score (nSPS) is 10.4. The smallest absolute Gasteiger partial charge is 0.120 e. The van der Waals surface area contributed by atoms with E-state index in [-0.39, 0.29) is 0 Å². The highest BCUT2D eigenvalue weighted by Gasteiger charge is 2.09. The van der Waals surface area contributed by atoms with Gasteiger partial charge in [0.1, 0.15) is 5.75 Å². The zero-order valence-corrected chi connectivity index (χ0v) is 13.4. The summed E-state index contributed by atoms with van der Waals surface area (Å²) in [5.74, 6) is 0.847. The minimum atomic E-state index is 0.518. The van der Waals surface area contributed by atoms with Gasteiger partial charge in [-0.1, -0.05) is 34.1 Å². The van der Waals surface area contributed by atoms with Crippen molar-refractivity contribution >= 4 is 21.6 Å². The van der Waals surface area contributed by atoms with Crippen LogP contribution in [0.2, 0.25) is 0 Å². The molecule has 2 N–H and O–H groups in total. The van der Waals surface area contributed by atoms with Crippen molar-refractivity contribution in [2.24, 2.45) is 5.73 Å². The van der Waals surface area contributed by atoms with E-state index in [1.165, 1.54) is 5.56 Å². The number of rotatable bonds is 5. The van der Waals surface area contributed by atoms with Crippen molar-refractivity contribution in [3.05, 3.63) is 58.1 Å². The summed E-state index contributed by atoms with van der Waals surface area (Å²) in [6.07, 6.45) is 0. The van der Waals surface area contributed by atoms with Crippen LogP contribution in [0, 0.1) is 0 Å². The average Bonchev–Trinajstić information content (AvgIpc) is 2.48. The summed E-state index contributed by atoms with van der Waals surface area (Å²) >= 11 is 3.45. The van der Waals surface area contributed by atoms with E-state index in [4.69, 9.17) is 10.5 Å². The van der Waals surface area contributed by atoms with Gasteiger partial charge < -0.3 is 15.4 Å². The maximum absolute atomic E-state index is 5.82. The van der Waals surface area contributed by atoms with Gasteiger partial charge in [-0.3, -0.25) is 0 Å². The Kier molecular flexibility index (Phi) is 5.04. The number of hydrogen-bond donors (Lipinski definition) is 1. The van der Waals surface area contributed by atoms with E-state index in [0.29, 0.717) is 6.54 Å². The molecule has 0 aliphatic heterocycles.